The van der Waals surface area contributed by atoms with Crippen LogP contribution < -0.4 is 19.5 Å². The maximum atomic E-state index is 12.6. The minimum absolute atomic E-state index is 0.0153. The summed E-state index contributed by atoms with van der Waals surface area (Å²) in [6.45, 7) is 3.84. The predicted octanol–water partition coefficient (Wildman–Crippen LogP) is 4.80. The Kier molecular flexibility index (Phi) is 7.47. The first-order valence-corrected chi connectivity index (χ1v) is 9.28. The molecule has 0 unspecified atom stereocenters. The van der Waals surface area contributed by atoms with Gasteiger partial charge in [0.15, 0.2) is 0 Å². The summed E-state index contributed by atoms with van der Waals surface area (Å²) in [6.07, 6.45) is 1.48. The summed E-state index contributed by atoms with van der Waals surface area (Å²) in [4.78, 5) is 12.6. The Morgan fingerprint density at radius 3 is 2.50 bits per heavy atom. The van der Waals surface area contributed by atoms with E-state index in [0.717, 1.165) is 0 Å². The Morgan fingerprint density at radius 2 is 1.89 bits per heavy atom. The van der Waals surface area contributed by atoms with Gasteiger partial charge in [0.25, 0.3) is 5.91 Å². The highest BCUT2D eigenvalue weighted by Gasteiger charge is 2.14. The molecule has 2 rings (SSSR count). The van der Waals surface area contributed by atoms with Crippen molar-refractivity contribution in [2.45, 2.75) is 20.0 Å². The average Bonchev–Trinajstić information content (AvgIpc) is 2.65. The quantitative estimate of drug-likeness (QED) is 0.489. The zero-order valence-electron chi connectivity index (χ0n) is 16.1. The zero-order valence-corrected chi connectivity index (χ0v) is 17.7. The van der Waals surface area contributed by atoms with E-state index in [4.69, 9.17) is 14.2 Å². The van der Waals surface area contributed by atoms with E-state index in [9.17, 15) is 10.1 Å². The molecule has 0 fully saturated rings. The molecule has 0 aromatic heterocycles. The smallest absolute Gasteiger partial charge is 0.266 e. The van der Waals surface area contributed by atoms with Crippen LogP contribution in [0.3, 0.4) is 0 Å². The molecule has 0 heterocycles. The second-order valence-electron chi connectivity index (χ2n) is 6.05. The molecule has 1 N–H and O–H groups in total. The van der Waals surface area contributed by atoms with E-state index < -0.39 is 5.91 Å². The summed E-state index contributed by atoms with van der Waals surface area (Å²) in [5.41, 5.74) is 1.04. The number of nitrogens with one attached hydrogen (secondary N) is 1. The van der Waals surface area contributed by atoms with Gasteiger partial charge in [-0.3, -0.25) is 4.79 Å². The largest absolute Gasteiger partial charge is 0.496 e. The third-order valence-electron chi connectivity index (χ3n) is 3.63. The Balaban J connectivity index is 2.29. The molecular formula is C21H21BrN2O4. The highest BCUT2D eigenvalue weighted by molar-refractivity contribution is 9.10. The van der Waals surface area contributed by atoms with E-state index in [1.165, 1.54) is 13.2 Å². The number of hydrogen-bond acceptors (Lipinski definition) is 5. The van der Waals surface area contributed by atoms with Gasteiger partial charge in [-0.1, -0.05) is 6.07 Å². The van der Waals surface area contributed by atoms with Crippen LogP contribution in [0.4, 0.5) is 5.69 Å². The van der Waals surface area contributed by atoms with Crippen LogP contribution in [-0.4, -0.2) is 26.2 Å². The van der Waals surface area contributed by atoms with Crippen LogP contribution in [0.1, 0.15) is 19.4 Å². The van der Waals surface area contributed by atoms with Gasteiger partial charge in [-0.15, -0.1) is 0 Å². The molecule has 2 aromatic carbocycles. The molecule has 0 bridgehead atoms. The standard InChI is InChI=1S/C21H21BrN2O4/c1-13(2)28-17-7-5-6-16(10-17)24-21(25)15(12-23)8-14-9-18(22)20(27-4)11-19(14)26-3/h5-11,13H,1-4H3,(H,24,25)/b15-8-. The summed E-state index contributed by atoms with van der Waals surface area (Å²) >= 11 is 3.39. The number of carbonyl (C=O) groups is 1. The highest BCUT2D eigenvalue weighted by Crippen LogP contribution is 2.34. The lowest BCUT2D eigenvalue weighted by Crippen LogP contribution is -2.14. The van der Waals surface area contributed by atoms with Crippen LogP contribution >= 0.6 is 15.9 Å². The molecule has 28 heavy (non-hydrogen) atoms. The lowest BCUT2D eigenvalue weighted by Gasteiger charge is -2.12. The van der Waals surface area contributed by atoms with Gasteiger partial charge in [0.05, 0.1) is 24.8 Å². The molecule has 146 valence electrons. The number of methoxy groups -OCH3 is 2. The van der Waals surface area contributed by atoms with Crippen molar-refractivity contribution >= 4 is 33.6 Å². The third-order valence-corrected chi connectivity index (χ3v) is 4.25. The number of amides is 1. The molecule has 6 nitrogen and oxygen atoms in total. The average molecular weight is 445 g/mol. The third kappa shape index (κ3) is 5.51. The number of hydrogen-bond donors (Lipinski definition) is 1. The van der Waals surface area contributed by atoms with Crippen LogP contribution in [0, 0.1) is 11.3 Å². The SMILES string of the molecule is COc1cc(OC)c(/C=C(/C#N)C(=O)Nc2cccc(OC(C)C)c2)cc1Br. The Hall–Kier alpha value is -2.98. The number of anilines is 1. The topological polar surface area (TPSA) is 80.6 Å². The van der Waals surface area contributed by atoms with Gasteiger partial charge in [-0.2, -0.15) is 5.26 Å². The van der Waals surface area contributed by atoms with Gasteiger partial charge >= 0.3 is 0 Å². The molecule has 0 saturated carbocycles. The van der Waals surface area contributed by atoms with E-state index in [0.29, 0.717) is 33.0 Å². The van der Waals surface area contributed by atoms with E-state index in [-0.39, 0.29) is 11.7 Å². The maximum absolute atomic E-state index is 12.6. The number of nitriles is 1. The first-order chi connectivity index (χ1) is 13.4. The summed E-state index contributed by atoms with van der Waals surface area (Å²) in [6, 6.07) is 12.3. The lowest BCUT2D eigenvalue weighted by molar-refractivity contribution is -0.112. The van der Waals surface area contributed by atoms with Crippen molar-refractivity contribution < 1.29 is 19.0 Å². The fraction of sp³-hybridized carbons (Fsp3) is 0.238. The monoisotopic (exact) mass is 444 g/mol. The summed E-state index contributed by atoms with van der Waals surface area (Å²) in [5.74, 6) is 1.17. The van der Waals surface area contributed by atoms with Crippen molar-refractivity contribution in [3.05, 3.63) is 52.0 Å². The van der Waals surface area contributed by atoms with Gasteiger partial charge in [0, 0.05) is 23.4 Å². The molecule has 0 atom stereocenters. The molecule has 2 aromatic rings. The molecule has 0 aliphatic carbocycles. The summed E-state index contributed by atoms with van der Waals surface area (Å²) in [7, 11) is 3.05. The van der Waals surface area contributed by atoms with Gasteiger partial charge in [-0.05, 0) is 54.1 Å². The van der Waals surface area contributed by atoms with Crippen molar-refractivity contribution in [2.75, 3.05) is 19.5 Å². The second kappa shape index (κ2) is 9.81. The van der Waals surface area contributed by atoms with E-state index in [1.807, 2.05) is 19.9 Å². The molecule has 0 saturated heterocycles. The van der Waals surface area contributed by atoms with Crippen molar-refractivity contribution in [2.24, 2.45) is 0 Å². The molecule has 0 aliphatic heterocycles. The highest BCUT2D eigenvalue weighted by atomic mass is 79.9. The molecule has 1 amide bonds. The van der Waals surface area contributed by atoms with E-state index in [1.54, 1.807) is 43.5 Å². The van der Waals surface area contributed by atoms with Crippen molar-refractivity contribution in [3.8, 4) is 23.3 Å². The number of rotatable bonds is 7. The van der Waals surface area contributed by atoms with E-state index >= 15 is 0 Å². The van der Waals surface area contributed by atoms with Crippen LogP contribution in [0.25, 0.3) is 6.08 Å². The van der Waals surface area contributed by atoms with Crippen LogP contribution in [-0.2, 0) is 4.79 Å². The van der Waals surface area contributed by atoms with Crippen molar-refractivity contribution in [3.63, 3.8) is 0 Å². The Labute approximate surface area is 172 Å². The number of halogens is 1. The van der Waals surface area contributed by atoms with Crippen molar-refractivity contribution in [1.29, 1.82) is 5.26 Å². The molecule has 0 radical (unpaired) electrons. The minimum Gasteiger partial charge on any atom is -0.496 e. The summed E-state index contributed by atoms with van der Waals surface area (Å²) < 4.78 is 16.9. The Morgan fingerprint density at radius 1 is 1.18 bits per heavy atom. The van der Waals surface area contributed by atoms with Crippen LogP contribution in [0.15, 0.2) is 46.4 Å². The number of nitrogens with zero attached hydrogens (tertiary/aromatic N) is 1. The van der Waals surface area contributed by atoms with E-state index in [2.05, 4.69) is 21.2 Å². The summed E-state index contributed by atoms with van der Waals surface area (Å²) in [5, 5.41) is 12.2. The van der Waals surface area contributed by atoms with Gasteiger partial charge < -0.3 is 19.5 Å². The molecule has 0 spiro atoms. The first kappa shape index (κ1) is 21.3. The fourth-order valence-electron chi connectivity index (χ4n) is 2.42. The van der Waals surface area contributed by atoms with Gasteiger partial charge in [0.2, 0.25) is 0 Å². The number of ether oxygens (including phenoxy) is 3. The second-order valence-corrected chi connectivity index (χ2v) is 6.90. The normalized spacial score (nSPS) is 11.0. The molecule has 7 heteroatoms. The molecular weight excluding hydrogens is 424 g/mol. The molecule has 0 aliphatic rings. The number of benzene rings is 2. The predicted molar refractivity (Wildman–Crippen MR) is 112 cm³/mol. The minimum atomic E-state index is -0.529. The van der Waals surface area contributed by atoms with Gasteiger partial charge in [0.1, 0.15) is 28.9 Å². The van der Waals surface area contributed by atoms with Crippen LogP contribution in [0.2, 0.25) is 0 Å². The number of carbonyl (C=O) groups excluding carboxylic acids is 1. The first-order valence-electron chi connectivity index (χ1n) is 8.49. The maximum Gasteiger partial charge on any atom is 0.266 e. The fourth-order valence-corrected chi connectivity index (χ4v) is 2.94. The Bertz CT molecular complexity index is 932. The lowest BCUT2D eigenvalue weighted by atomic mass is 10.1. The zero-order chi connectivity index (χ0) is 20.7. The van der Waals surface area contributed by atoms with Crippen molar-refractivity contribution in [1.82, 2.24) is 0 Å². The van der Waals surface area contributed by atoms with Crippen LogP contribution in [0.5, 0.6) is 17.2 Å². The van der Waals surface area contributed by atoms with Gasteiger partial charge in [-0.25, -0.2) is 0 Å².